The summed E-state index contributed by atoms with van der Waals surface area (Å²) in [6, 6.07) is 16.2. The Morgan fingerprint density at radius 3 is 2.65 bits per heavy atom. The Morgan fingerprint density at radius 2 is 1.82 bits per heavy atom. The third-order valence-electron chi connectivity index (χ3n) is 7.13. The number of fused-ring (bicyclic) bond motifs is 5. The van der Waals surface area contributed by atoms with E-state index in [1.54, 1.807) is 0 Å². The Bertz CT molecular complexity index is 1150. The second-order valence-electron chi connectivity index (χ2n) is 9.48. The number of nitrogens with one attached hydrogen (secondary N) is 2. The maximum Gasteiger partial charge on any atom is 0.269 e. The molecule has 7 heteroatoms. The van der Waals surface area contributed by atoms with Crippen LogP contribution in [0.15, 0.2) is 53.4 Å². The lowest BCUT2D eigenvalue weighted by Gasteiger charge is -2.36. The lowest BCUT2D eigenvalue weighted by atomic mass is 9.79. The minimum Gasteiger partial charge on any atom is -0.588 e. The summed E-state index contributed by atoms with van der Waals surface area (Å²) in [7, 11) is 0. The number of ether oxygens (including phenoxy) is 1. The number of anilines is 1. The lowest BCUT2D eigenvalue weighted by Crippen LogP contribution is -2.44. The highest BCUT2D eigenvalue weighted by molar-refractivity contribution is 7.92. The number of rotatable bonds is 1. The summed E-state index contributed by atoms with van der Waals surface area (Å²) >= 11 is -1.48. The van der Waals surface area contributed by atoms with Gasteiger partial charge in [-0.05, 0) is 81.3 Å². The van der Waals surface area contributed by atoms with E-state index in [2.05, 4.69) is 54.0 Å². The molecular weight excluding hydrogens is 444 g/mol. The van der Waals surface area contributed by atoms with Gasteiger partial charge < -0.3 is 14.6 Å². The van der Waals surface area contributed by atoms with Crippen LogP contribution in [-0.4, -0.2) is 33.7 Å². The number of hydrogen-bond donors (Lipinski definition) is 2. The zero-order valence-corrected chi connectivity index (χ0v) is 20.8. The van der Waals surface area contributed by atoms with E-state index in [1.807, 2.05) is 30.3 Å². The molecule has 0 saturated carbocycles. The molecule has 0 aliphatic carbocycles. The molecule has 2 aliphatic heterocycles. The predicted molar refractivity (Wildman–Crippen MR) is 136 cm³/mol. The third-order valence-corrected chi connectivity index (χ3v) is 8.18. The van der Waals surface area contributed by atoms with Crippen molar-refractivity contribution < 1.29 is 9.29 Å². The number of aryl methyl sites for hydroxylation is 3. The highest BCUT2D eigenvalue weighted by Crippen LogP contribution is 2.33. The van der Waals surface area contributed by atoms with Gasteiger partial charge in [0.05, 0.1) is 5.69 Å². The predicted octanol–water partition coefficient (Wildman–Crippen LogP) is 4.83. The zero-order valence-electron chi connectivity index (χ0n) is 20.0. The van der Waals surface area contributed by atoms with Crippen molar-refractivity contribution in [1.29, 1.82) is 0 Å². The molecule has 0 amide bonds. The van der Waals surface area contributed by atoms with Crippen LogP contribution in [0.2, 0.25) is 0 Å². The summed E-state index contributed by atoms with van der Waals surface area (Å²) in [5, 5.41) is 3.55. The van der Waals surface area contributed by atoms with Gasteiger partial charge in [0.15, 0.2) is 4.90 Å². The molecule has 3 heterocycles. The van der Waals surface area contributed by atoms with Gasteiger partial charge in [0, 0.05) is 24.1 Å². The van der Waals surface area contributed by atoms with Crippen LogP contribution in [0.5, 0.6) is 5.88 Å². The average molecular weight is 477 g/mol. The summed E-state index contributed by atoms with van der Waals surface area (Å²) < 4.78 is 22.7. The Morgan fingerprint density at radius 1 is 1.03 bits per heavy atom. The minimum absolute atomic E-state index is 0.00820. The number of nitrogens with zero attached hydrogens (tertiary/aromatic N) is 2. The van der Waals surface area contributed by atoms with Crippen LogP contribution >= 0.6 is 0 Å². The molecule has 5 rings (SSSR count). The quantitative estimate of drug-likeness (QED) is 0.490. The first-order valence-corrected chi connectivity index (χ1v) is 13.2. The summed E-state index contributed by atoms with van der Waals surface area (Å²) in [6.45, 7) is 8.28. The number of benzene rings is 2. The first-order valence-electron chi connectivity index (χ1n) is 12.1. The van der Waals surface area contributed by atoms with E-state index >= 15 is 0 Å². The molecule has 4 bridgehead atoms. The van der Waals surface area contributed by atoms with Crippen LogP contribution < -0.4 is 14.8 Å². The molecule has 2 N–H and O–H groups in total. The molecular formula is C27H32N4O2S. The maximum absolute atomic E-state index is 13.2. The molecule has 6 nitrogen and oxygen atoms in total. The van der Waals surface area contributed by atoms with Crippen molar-refractivity contribution in [2.75, 3.05) is 17.8 Å². The molecule has 34 heavy (non-hydrogen) atoms. The molecule has 1 aromatic heterocycles. The van der Waals surface area contributed by atoms with Gasteiger partial charge in [0.25, 0.3) is 5.95 Å². The molecule has 2 aromatic carbocycles. The lowest BCUT2D eigenvalue weighted by molar-refractivity contribution is 0.0816. The largest absolute Gasteiger partial charge is 0.588 e. The van der Waals surface area contributed by atoms with Crippen molar-refractivity contribution in [1.82, 2.24) is 15.3 Å². The normalized spacial score (nSPS) is 24.8. The van der Waals surface area contributed by atoms with Gasteiger partial charge in [-0.15, -0.1) is 0 Å². The number of hydrogen-bond acceptors (Lipinski definition) is 6. The van der Waals surface area contributed by atoms with Crippen LogP contribution in [0.25, 0.3) is 11.3 Å². The minimum atomic E-state index is -1.48. The van der Waals surface area contributed by atoms with Crippen LogP contribution in [0, 0.1) is 25.7 Å². The van der Waals surface area contributed by atoms with Gasteiger partial charge in [-0.25, -0.2) is 4.98 Å². The third kappa shape index (κ3) is 4.92. The monoisotopic (exact) mass is 476 g/mol. The fourth-order valence-electron chi connectivity index (χ4n) is 5.31. The maximum atomic E-state index is 13.2. The number of piperidine rings is 1. The highest BCUT2D eigenvalue weighted by Gasteiger charge is 2.31. The molecule has 4 atom stereocenters. The smallest absolute Gasteiger partial charge is 0.269 e. The summed E-state index contributed by atoms with van der Waals surface area (Å²) in [6.07, 6.45) is 3.18. The Labute approximate surface area is 204 Å². The van der Waals surface area contributed by atoms with E-state index < -0.39 is 11.4 Å². The molecule has 0 spiro atoms. The van der Waals surface area contributed by atoms with Gasteiger partial charge in [0.1, 0.15) is 17.5 Å². The fraction of sp³-hybridized carbons (Fsp3) is 0.407. The topological polar surface area (TPSA) is 82.1 Å². The van der Waals surface area contributed by atoms with Gasteiger partial charge >= 0.3 is 0 Å². The molecule has 4 unspecified atom stereocenters. The summed E-state index contributed by atoms with van der Waals surface area (Å²) in [5.74, 6) is 1.77. The molecule has 1 saturated heterocycles. The summed E-state index contributed by atoms with van der Waals surface area (Å²) in [5.41, 5.74) is 5.29. The van der Waals surface area contributed by atoms with Crippen LogP contribution in [-0.2, 0) is 17.8 Å². The van der Waals surface area contributed by atoms with E-state index in [9.17, 15) is 4.55 Å². The first kappa shape index (κ1) is 23.1. The Balaban J connectivity index is 1.59. The Kier molecular flexibility index (Phi) is 6.77. The standard InChI is InChI=1S/C27H32N4O2S/c1-17-6-4-7-18(2)26(17)24-15-25-30-27(29-24)31-34(32)22-9-5-8-20(14-22)10-11-21-12-13-28-16-23(21)19(3)33-25/h4-9,14-15,19,21,23,28H,10-13,16H2,1-3H3,(H,29,30,31). The van der Waals surface area contributed by atoms with Gasteiger partial charge in [-0.3, -0.25) is 0 Å². The van der Waals surface area contributed by atoms with E-state index in [0.29, 0.717) is 23.7 Å². The van der Waals surface area contributed by atoms with Gasteiger partial charge in [-0.1, -0.05) is 30.3 Å². The van der Waals surface area contributed by atoms with E-state index in [-0.39, 0.29) is 6.10 Å². The van der Waals surface area contributed by atoms with Crippen molar-refractivity contribution in [2.45, 2.75) is 51.0 Å². The van der Waals surface area contributed by atoms with E-state index in [4.69, 9.17) is 9.72 Å². The van der Waals surface area contributed by atoms with E-state index in [0.717, 1.165) is 59.6 Å². The second-order valence-corrected chi connectivity index (χ2v) is 10.7. The van der Waals surface area contributed by atoms with Crippen molar-refractivity contribution >= 4 is 17.3 Å². The summed E-state index contributed by atoms with van der Waals surface area (Å²) in [4.78, 5) is 10.1. The van der Waals surface area contributed by atoms with Crippen molar-refractivity contribution in [3.63, 3.8) is 0 Å². The second kappa shape index (κ2) is 9.94. The van der Waals surface area contributed by atoms with Gasteiger partial charge in [-0.2, -0.15) is 9.71 Å². The molecule has 178 valence electrons. The molecule has 0 radical (unpaired) electrons. The SMILES string of the molecule is Cc1cccc(C)c1-c1cc2nc(n1)N[S+]([O-])c1cccc(c1)CCC1CCNCC1C(C)O2. The van der Waals surface area contributed by atoms with Crippen LogP contribution in [0.4, 0.5) is 5.95 Å². The van der Waals surface area contributed by atoms with Crippen LogP contribution in [0.3, 0.4) is 0 Å². The van der Waals surface area contributed by atoms with Crippen molar-refractivity contribution in [3.8, 4) is 17.1 Å². The highest BCUT2D eigenvalue weighted by atomic mass is 32.2. The Hall–Kier alpha value is -2.61. The van der Waals surface area contributed by atoms with Crippen LogP contribution in [0.1, 0.15) is 36.5 Å². The van der Waals surface area contributed by atoms with Gasteiger partial charge in [0.2, 0.25) is 5.88 Å². The zero-order chi connectivity index (χ0) is 23.7. The molecule has 3 aromatic rings. The fourth-order valence-corrected chi connectivity index (χ4v) is 6.15. The molecule has 2 aliphatic rings. The average Bonchev–Trinajstić information content (AvgIpc) is 2.82. The van der Waals surface area contributed by atoms with Crippen molar-refractivity contribution in [2.24, 2.45) is 11.8 Å². The van der Waals surface area contributed by atoms with Crippen molar-refractivity contribution in [3.05, 3.63) is 65.2 Å². The first-order chi connectivity index (χ1) is 16.5. The molecule has 1 fully saturated rings. The van der Waals surface area contributed by atoms with E-state index in [1.165, 1.54) is 5.56 Å². The number of aromatic nitrogens is 2.